The molecule has 1 aliphatic rings. The lowest BCUT2D eigenvalue weighted by Crippen LogP contribution is -2.37. The van der Waals surface area contributed by atoms with E-state index in [9.17, 15) is 8.42 Å². The van der Waals surface area contributed by atoms with Crippen LogP contribution in [0.25, 0.3) is 11.7 Å². The second-order valence-corrected chi connectivity index (χ2v) is 9.25. The molecule has 0 spiro atoms. The molecule has 29 heavy (non-hydrogen) atoms. The number of aryl methyl sites for hydroxylation is 3. The molecule has 9 heteroatoms. The molecular weight excluding hydrogens is 392 g/mol. The molecule has 1 aromatic carbocycles. The summed E-state index contributed by atoms with van der Waals surface area (Å²) in [6.45, 7) is 6.58. The van der Waals surface area contributed by atoms with Crippen molar-refractivity contribution in [3.8, 4) is 11.7 Å². The number of oxazole rings is 1. The van der Waals surface area contributed by atoms with Crippen LogP contribution < -0.4 is 0 Å². The number of rotatable bonds is 5. The van der Waals surface area contributed by atoms with E-state index in [0.717, 1.165) is 11.3 Å². The van der Waals surface area contributed by atoms with Gasteiger partial charge in [-0.1, -0.05) is 24.6 Å². The quantitative estimate of drug-likeness (QED) is 0.627. The van der Waals surface area contributed by atoms with E-state index < -0.39 is 10.0 Å². The summed E-state index contributed by atoms with van der Waals surface area (Å²) in [5.41, 5.74) is 1.75. The van der Waals surface area contributed by atoms with Gasteiger partial charge in [-0.25, -0.2) is 13.4 Å². The van der Waals surface area contributed by atoms with Crippen molar-refractivity contribution in [2.75, 3.05) is 13.1 Å². The Kier molecular flexibility index (Phi) is 5.26. The summed E-state index contributed by atoms with van der Waals surface area (Å²) in [4.78, 5) is 4.66. The second kappa shape index (κ2) is 7.72. The summed E-state index contributed by atoms with van der Waals surface area (Å²) >= 11 is 0. The van der Waals surface area contributed by atoms with Crippen molar-refractivity contribution in [3.05, 3.63) is 47.3 Å². The van der Waals surface area contributed by atoms with Crippen LogP contribution in [0, 0.1) is 13.8 Å². The van der Waals surface area contributed by atoms with Crippen LogP contribution in [0.1, 0.15) is 48.7 Å². The first-order valence-corrected chi connectivity index (χ1v) is 11.2. The fraction of sp³-hybridized carbons (Fsp3) is 0.450. The van der Waals surface area contributed by atoms with Crippen molar-refractivity contribution in [2.45, 2.75) is 50.8 Å². The zero-order valence-corrected chi connectivity index (χ0v) is 17.6. The van der Waals surface area contributed by atoms with Crippen molar-refractivity contribution >= 4 is 10.0 Å². The van der Waals surface area contributed by atoms with Crippen LogP contribution in [0.3, 0.4) is 0 Å². The second-order valence-electron chi connectivity index (χ2n) is 7.31. The minimum absolute atomic E-state index is 0.0228. The Hall–Kier alpha value is -2.52. The molecule has 1 aliphatic heterocycles. The van der Waals surface area contributed by atoms with Gasteiger partial charge in [-0.3, -0.25) is 0 Å². The fourth-order valence-electron chi connectivity index (χ4n) is 3.50. The molecule has 154 valence electrons. The maximum atomic E-state index is 12.9. The van der Waals surface area contributed by atoms with Crippen LogP contribution in [0.2, 0.25) is 0 Å². The predicted octanol–water partition coefficient (Wildman–Crippen LogP) is 3.47. The third-order valence-electron chi connectivity index (χ3n) is 5.24. The Morgan fingerprint density at radius 1 is 1.07 bits per heavy atom. The summed E-state index contributed by atoms with van der Waals surface area (Å²) in [7, 11) is -3.48. The Balaban J connectivity index is 1.45. The Labute approximate surface area is 170 Å². The van der Waals surface area contributed by atoms with Gasteiger partial charge in [0.2, 0.25) is 21.7 Å². The van der Waals surface area contributed by atoms with Crippen molar-refractivity contribution in [3.63, 3.8) is 0 Å². The summed E-state index contributed by atoms with van der Waals surface area (Å²) in [5.74, 6) is 1.99. The molecule has 0 saturated carbocycles. The van der Waals surface area contributed by atoms with Crippen LogP contribution in [-0.4, -0.2) is 41.0 Å². The highest BCUT2D eigenvalue weighted by molar-refractivity contribution is 7.89. The van der Waals surface area contributed by atoms with Gasteiger partial charge in [0.1, 0.15) is 0 Å². The Morgan fingerprint density at radius 2 is 1.76 bits per heavy atom. The van der Waals surface area contributed by atoms with E-state index in [1.807, 2.05) is 32.9 Å². The normalized spacial score (nSPS) is 16.4. The topological polar surface area (TPSA) is 102 Å². The lowest BCUT2D eigenvalue weighted by molar-refractivity contribution is 0.290. The van der Waals surface area contributed by atoms with Crippen LogP contribution in [0.5, 0.6) is 0 Å². The molecule has 0 atom stereocenters. The molecule has 0 N–H and O–H groups in total. The average molecular weight is 417 g/mol. The number of piperidine rings is 1. The molecule has 0 unspecified atom stereocenters. The van der Waals surface area contributed by atoms with E-state index in [1.165, 1.54) is 4.31 Å². The number of hydrogen-bond acceptors (Lipinski definition) is 7. The zero-order chi connectivity index (χ0) is 20.6. The maximum Gasteiger partial charge on any atom is 0.285 e. The maximum absolute atomic E-state index is 12.9. The molecular formula is C20H24N4O4S. The minimum atomic E-state index is -3.48. The summed E-state index contributed by atoms with van der Waals surface area (Å²) < 4.78 is 38.8. The molecule has 0 amide bonds. The molecule has 3 aromatic rings. The van der Waals surface area contributed by atoms with Gasteiger partial charge in [0.25, 0.3) is 5.89 Å². The first kappa shape index (κ1) is 19.8. The van der Waals surface area contributed by atoms with Gasteiger partial charge in [0.15, 0.2) is 5.89 Å². The first-order valence-electron chi connectivity index (χ1n) is 9.75. The van der Waals surface area contributed by atoms with Gasteiger partial charge < -0.3 is 8.83 Å². The van der Waals surface area contributed by atoms with Crippen molar-refractivity contribution < 1.29 is 17.3 Å². The van der Waals surface area contributed by atoms with Gasteiger partial charge in [-0.2, -0.15) is 4.31 Å². The SMILES string of the molecule is CCc1nc(C)c(-c2nnc(C3CCN(S(=O)(=O)c4ccc(C)cc4)CC3)o2)o1. The summed E-state index contributed by atoms with van der Waals surface area (Å²) in [6, 6.07) is 6.95. The van der Waals surface area contributed by atoms with Crippen LogP contribution in [0.15, 0.2) is 38.0 Å². The van der Waals surface area contributed by atoms with Crippen LogP contribution in [0.4, 0.5) is 0 Å². The van der Waals surface area contributed by atoms with Gasteiger partial charge in [-0.15, -0.1) is 10.2 Å². The monoisotopic (exact) mass is 416 g/mol. The molecule has 0 aliphatic carbocycles. The highest BCUT2D eigenvalue weighted by atomic mass is 32.2. The van der Waals surface area contributed by atoms with E-state index in [0.29, 0.717) is 60.7 Å². The van der Waals surface area contributed by atoms with Gasteiger partial charge in [0.05, 0.1) is 10.6 Å². The molecule has 0 bridgehead atoms. The smallest absolute Gasteiger partial charge is 0.285 e. The standard InChI is InChI=1S/C20H24N4O4S/c1-4-17-21-14(3)18(27-17)20-23-22-19(28-20)15-9-11-24(12-10-15)29(25,26)16-7-5-13(2)6-8-16/h5-8,15H,4,9-12H2,1-3H3. The molecule has 3 heterocycles. The van der Waals surface area contributed by atoms with E-state index in [4.69, 9.17) is 8.83 Å². The molecule has 4 rings (SSSR count). The van der Waals surface area contributed by atoms with E-state index in [2.05, 4.69) is 15.2 Å². The lowest BCUT2D eigenvalue weighted by Gasteiger charge is -2.29. The highest BCUT2D eigenvalue weighted by Crippen LogP contribution is 2.32. The largest absolute Gasteiger partial charge is 0.435 e. The average Bonchev–Trinajstić information content (AvgIpc) is 3.35. The third kappa shape index (κ3) is 3.84. The predicted molar refractivity (Wildman–Crippen MR) is 106 cm³/mol. The summed E-state index contributed by atoms with van der Waals surface area (Å²) in [6.07, 6.45) is 1.94. The molecule has 2 aromatic heterocycles. The molecule has 0 radical (unpaired) electrons. The van der Waals surface area contributed by atoms with Gasteiger partial charge in [-0.05, 0) is 38.8 Å². The van der Waals surface area contributed by atoms with E-state index in [-0.39, 0.29) is 5.92 Å². The fourth-order valence-corrected chi connectivity index (χ4v) is 4.97. The van der Waals surface area contributed by atoms with Gasteiger partial charge in [0, 0.05) is 25.4 Å². The van der Waals surface area contributed by atoms with Crippen LogP contribution >= 0.6 is 0 Å². The summed E-state index contributed by atoms with van der Waals surface area (Å²) in [5, 5.41) is 8.29. The third-order valence-corrected chi connectivity index (χ3v) is 7.15. The highest BCUT2D eigenvalue weighted by Gasteiger charge is 2.32. The van der Waals surface area contributed by atoms with Crippen LogP contribution in [-0.2, 0) is 16.4 Å². The lowest BCUT2D eigenvalue weighted by atomic mass is 9.98. The first-order chi connectivity index (χ1) is 13.9. The zero-order valence-electron chi connectivity index (χ0n) is 16.8. The number of benzene rings is 1. The van der Waals surface area contributed by atoms with E-state index in [1.54, 1.807) is 12.1 Å². The number of aromatic nitrogens is 3. The minimum Gasteiger partial charge on any atom is -0.435 e. The van der Waals surface area contributed by atoms with Crippen molar-refractivity contribution in [1.29, 1.82) is 0 Å². The number of sulfonamides is 1. The number of hydrogen-bond donors (Lipinski definition) is 0. The molecule has 1 fully saturated rings. The molecule has 8 nitrogen and oxygen atoms in total. The van der Waals surface area contributed by atoms with E-state index >= 15 is 0 Å². The van der Waals surface area contributed by atoms with Crippen molar-refractivity contribution in [2.24, 2.45) is 0 Å². The number of nitrogens with zero attached hydrogens (tertiary/aromatic N) is 4. The van der Waals surface area contributed by atoms with Crippen molar-refractivity contribution in [1.82, 2.24) is 19.5 Å². The molecule has 1 saturated heterocycles. The Morgan fingerprint density at radius 3 is 2.38 bits per heavy atom. The Bertz CT molecular complexity index is 1090. The van der Waals surface area contributed by atoms with Gasteiger partial charge >= 0.3 is 0 Å².